The molecule has 0 aliphatic carbocycles. The lowest BCUT2D eigenvalue weighted by molar-refractivity contribution is 0.602. The van der Waals surface area contributed by atoms with Crippen LogP contribution >= 0.6 is 0 Å². The minimum Gasteiger partial charge on any atom is -0.443 e. The molecule has 0 aliphatic rings. The molecule has 0 N–H and O–H groups in total. The minimum absolute atomic E-state index is 0.783. The quantitative estimate of drug-likeness (QED) is 0.238. The number of hydrogen-bond donors (Lipinski definition) is 0. The second-order valence-corrected chi connectivity index (χ2v) is 10.1. The fraction of sp³-hybridized carbons (Fsp3) is 0. The smallest absolute Gasteiger partial charge is 0.181 e. The lowest BCUT2D eigenvalue weighted by Gasteiger charge is -2.11. The Hall–Kier alpha value is -5.35. The van der Waals surface area contributed by atoms with E-state index in [1.54, 1.807) is 0 Å². The van der Waals surface area contributed by atoms with E-state index in [0.29, 0.717) is 0 Å². The molecule has 0 amide bonds. The van der Waals surface area contributed by atoms with Gasteiger partial charge in [-0.1, -0.05) is 72.8 Å². The van der Waals surface area contributed by atoms with Crippen LogP contribution < -0.4 is 0 Å². The summed E-state index contributed by atoms with van der Waals surface area (Å²) in [4.78, 5) is 4.32. The maximum atomic E-state index is 5.68. The zero-order chi connectivity index (χ0) is 25.5. The highest BCUT2D eigenvalue weighted by Crippen LogP contribution is 2.43. The largest absolute Gasteiger partial charge is 0.443 e. The fourth-order valence-corrected chi connectivity index (χ4v) is 6.43. The van der Waals surface area contributed by atoms with Crippen LogP contribution in [0.5, 0.6) is 0 Å². The summed E-state index contributed by atoms with van der Waals surface area (Å²) in [5, 5.41) is 7.49. The van der Waals surface area contributed by atoms with E-state index in [1.165, 1.54) is 60.8 Å². The first-order chi connectivity index (χ1) is 19.4. The molecule has 0 unspecified atom stereocenters. The van der Waals surface area contributed by atoms with Gasteiger partial charge in [-0.05, 0) is 47.9 Å². The van der Waals surface area contributed by atoms with Gasteiger partial charge >= 0.3 is 0 Å². The van der Waals surface area contributed by atoms with E-state index in [0.717, 1.165) is 22.5 Å². The summed E-state index contributed by atoms with van der Waals surface area (Å²) >= 11 is 0. The standard InChI is InChI=1S/C35H21N3O/c1-2-8-23(9-3-1)38-29-12-6-4-10-25(29)26-17-14-22-15-19-31-34(33(22)35(26)38)27-11-5-7-13-30(27)37(31)24-16-18-28-32(20-24)39-21-36-28/h1-21H. The van der Waals surface area contributed by atoms with Crippen molar-refractivity contribution in [1.29, 1.82) is 0 Å². The maximum Gasteiger partial charge on any atom is 0.181 e. The molecule has 0 atom stereocenters. The van der Waals surface area contributed by atoms with Crippen molar-refractivity contribution in [2.75, 3.05) is 0 Å². The van der Waals surface area contributed by atoms with Gasteiger partial charge in [-0.15, -0.1) is 0 Å². The van der Waals surface area contributed by atoms with Crippen LogP contribution in [0.4, 0.5) is 0 Å². The van der Waals surface area contributed by atoms with Crippen LogP contribution in [0, 0.1) is 0 Å². The number of aromatic nitrogens is 3. The van der Waals surface area contributed by atoms with Gasteiger partial charge in [0.15, 0.2) is 12.0 Å². The molecule has 4 heteroatoms. The van der Waals surface area contributed by atoms with E-state index in [-0.39, 0.29) is 0 Å². The topological polar surface area (TPSA) is 35.9 Å². The second kappa shape index (κ2) is 7.59. The summed E-state index contributed by atoms with van der Waals surface area (Å²) in [5.74, 6) is 0. The fourth-order valence-electron chi connectivity index (χ4n) is 6.43. The normalized spacial score (nSPS) is 12.1. The van der Waals surface area contributed by atoms with Gasteiger partial charge in [0.1, 0.15) is 5.52 Å². The number of benzene rings is 6. The Morgan fingerprint density at radius 3 is 2.13 bits per heavy atom. The number of oxazole rings is 1. The average molecular weight is 500 g/mol. The second-order valence-electron chi connectivity index (χ2n) is 10.1. The van der Waals surface area contributed by atoms with Crippen LogP contribution in [0.15, 0.2) is 132 Å². The molecular formula is C35H21N3O. The van der Waals surface area contributed by atoms with E-state index in [4.69, 9.17) is 4.42 Å². The molecule has 0 radical (unpaired) electrons. The summed E-state index contributed by atoms with van der Waals surface area (Å²) in [6, 6.07) is 43.4. The molecule has 3 aromatic heterocycles. The molecule has 0 spiro atoms. The number of nitrogens with zero attached hydrogens (tertiary/aromatic N) is 3. The summed E-state index contributed by atoms with van der Waals surface area (Å²) in [6.45, 7) is 0. The highest BCUT2D eigenvalue weighted by molar-refractivity contribution is 6.30. The summed E-state index contributed by atoms with van der Waals surface area (Å²) in [7, 11) is 0. The third-order valence-electron chi connectivity index (χ3n) is 8.04. The molecule has 0 saturated heterocycles. The van der Waals surface area contributed by atoms with Crippen molar-refractivity contribution in [3.05, 3.63) is 128 Å². The van der Waals surface area contributed by atoms with Crippen LogP contribution in [-0.4, -0.2) is 14.1 Å². The molecule has 9 aromatic rings. The molecule has 0 bridgehead atoms. The summed E-state index contributed by atoms with van der Waals surface area (Å²) < 4.78 is 10.5. The van der Waals surface area contributed by atoms with Crippen molar-refractivity contribution in [3.8, 4) is 11.4 Å². The van der Waals surface area contributed by atoms with Crippen molar-refractivity contribution >= 4 is 65.5 Å². The van der Waals surface area contributed by atoms with E-state index in [1.807, 2.05) is 6.07 Å². The zero-order valence-corrected chi connectivity index (χ0v) is 20.9. The predicted octanol–water partition coefficient (Wildman–Crippen LogP) is 9.18. The van der Waals surface area contributed by atoms with Crippen molar-refractivity contribution < 1.29 is 4.42 Å². The van der Waals surface area contributed by atoms with Gasteiger partial charge in [-0.25, -0.2) is 4.98 Å². The van der Waals surface area contributed by atoms with E-state index in [2.05, 4.69) is 129 Å². The highest BCUT2D eigenvalue weighted by atomic mass is 16.3. The third-order valence-corrected chi connectivity index (χ3v) is 8.04. The first-order valence-electron chi connectivity index (χ1n) is 13.1. The first-order valence-corrected chi connectivity index (χ1v) is 13.1. The minimum atomic E-state index is 0.783. The Kier molecular flexibility index (Phi) is 4.02. The summed E-state index contributed by atoms with van der Waals surface area (Å²) in [6.07, 6.45) is 1.51. The maximum absolute atomic E-state index is 5.68. The monoisotopic (exact) mass is 499 g/mol. The lowest BCUT2D eigenvalue weighted by atomic mass is 10.0. The van der Waals surface area contributed by atoms with Gasteiger partial charge in [0.05, 0.1) is 27.8 Å². The van der Waals surface area contributed by atoms with E-state index >= 15 is 0 Å². The van der Waals surface area contributed by atoms with Crippen LogP contribution in [0.1, 0.15) is 0 Å². The average Bonchev–Trinajstić information content (AvgIpc) is 3.69. The van der Waals surface area contributed by atoms with Crippen LogP contribution in [0.25, 0.3) is 76.9 Å². The summed E-state index contributed by atoms with van der Waals surface area (Å²) in [5.41, 5.74) is 8.64. The third kappa shape index (κ3) is 2.75. The molecule has 39 heavy (non-hydrogen) atoms. The Labute approximate surface area is 222 Å². The van der Waals surface area contributed by atoms with Crippen molar-refractivity contribution in [2.45, 2.75) is 0 Å². The van der Waals surface area contributed by atoms with Crippen LogP contribution in [0.2, 0.25) is 0 Å². The highest BCUT2D eigenvalue weighted by Gasteiger charge is 2.20. The van der Waals surface area contributed by atoms with Gasteiger partial charge in [-0.3, -0.25) is 0 Å². The Morgan fingerprint density at radius 2 is 1.26 bits per heavy atom. The zero-order valence-electron chi connectivity index (χ0n) is 20.9. The molecule has 182 valence electrons. The lowest BCUT2D eigenvalue weighted by Crippen LogP contribution is -1.95. The van der Waals surface area contributed by atoms with Gasteiger partial charge in [-0.2, -0.15) is 0 Å². The molecule has 0 fully saturated rings. The molecule has 9 rings (SSSR count). The Balaban J connectivity index is 1.53. The van der Waals surface area contributed by atoms with Crippen molar-refractivity contribution in [3.63, 3.8) is 0 Å². The van der Waals surface area contributed by atoms with E-state index in [9.17, 15) is 0 Å². The first kappa shape index (κ1) is 20.7. The molecular weight excluding hydrogens is 478 g/mol. The van der Waals surface area contributed by atoms with E-state index < -0.39 is 0 Å². The Morgan fingerprint density at radius 1 is 0.513 bits per heavy atom. The van der Waals surface area contributed by atoms with Crippen molar-refractivity contribution in [2.24, 2.45) is 0 Å². The predicted molar refractivity (Wildman–Crippen MR) is 160 cm³/mol. The number of fused-ring (bicyclic) bond motifs is 10. The molecule has 3 heterocycles. The van der Waals surface area contributed by atoms with Crippen molar-refractivity contribution in [1.82, 2.24) is 14.1 Å². The van der Waals surface area contributed by atoms with Gasteiger partial charge in [0, 0.05) is 38.7 Å². The molecule has 4 nitrogen and oxygen atoms in total. The van der Waals surface area contributed by atoms with Gasteiger partial charge < -0.3 is 13.6 Å². The van der Waals surface area contributed by atoms with Gasteiger partial charge in [0.2, 0.25) is 0 Å². The van der Waals surface area contributed by atoms with Gasteiger partial charge in [0.25, 0.3) is 0 Å². The van der Waals surface area contributed by atoms with Crippen LogP contribution in [-0.2, 0) is 0 Å². The number of hydrogen-bond acceptors (Lipinski definition) is 2. The van der Waals surface area contributed by atoms with Crippen LogP contribution in [0.3, 0.4) is 0 Å². The molecule has 0 aliphatic heterocycles. The number of para-hydroxylation sites is 3. The molecule has 6 aromatic carbocycles. The number of rotatable bonds is 2. The molecule has 0 saturated carbocycles. The Bertz CT molecular complexity index is 2390. The SMILES string of the molecule is c1ccc(-n2c3ccccc3c3ccc4ccc5c(c6ccccc6n5-c5ccc6ncoc6c5)c4c32)cc1.